The number of ether oxygens (including phenoxy) is 1. The van der Waals surface area contributed by atoms with Crippen LogP contribution < -0.4 is 10.1 Å². The molecule has 3 heterocycles. The van der Waals surface area contributed by atoms with Crippen LogP contribution in [0.15, 0.2) is 18.2 Å². The number of fused-ring (bicyclic) bond motifs is 1. The number of nitrogens with zero attached hydrogens (tertiary/aromatic N) is 4. The summed E-state index contributed by atoms with van der Waals surface area (Å²) in [7, 11) is 1.73. The van der Waals surface area contributed by atoms with Gasteiger partial charge in [0.05, 0.1) is 13.7 Å². The first-order valence-corrected chi connectivity index (χ1v) is 9.79. The number of nitrogens with one attached hydrogen (secondary N) is 1. The molecule has 0 radical (unpaired) electrons. The van der Waals surface area contributed by atoms with Gasteiger partial charge in [0.25, 0.3) is 0 Å². The zero-order valence-corrected chi connectivity index (χ0v) is 17.1. The van der Waals surface area contributed by atoms with Crippen molar-refractivity contribution >= 4 is 12.4 Å². The molecular formula is C20H30ClN5O. The van der Waals surface area contributed by atoms with Crippen molar-refractivity contribution in [2.75, 3.05) is 26.7 Å². The van der Waals surface area contributed by atoms with Crippen molar-refractivity contribution in [3.05, 3.63) is 41.0 Å². The number of aromatic nitrogens is 3. The zero-order valence-electron chi connectivity index (χ0n) is 16.3. The highest BCUT2D eigenvalue weighted by Gasteiger charge is 2.27. The predicted molar refractivity (Wildman–Crippen MR) is 109 cm³/mol. The number of hydrogen-bond donors (Lipinski definition) is 1. The number of piperidine rings is 1. The van der Waals surface area contributed by atoms with Crippen LogP contribution in [0.1, 0.15) is 48.5 Å². The first kappa shape index (κ1) is 20.1. The number of likely N-dealkylation sites (tertiary alicyclic amines) is 1. The van der Waals surface area contributed by atoms with E-state index in [1.807, 2.05) is 0 Å². The highest BCUT2D eigenvalue weighted by Crippen LogP contribution is 2.29. The molecule has 1 saturated heterocycles. The van der Waals surface area contributed by atoms with Crippen LogP contribution in [0.3, 0.4) is 0 Å². The molecule has 0 atom stereocenters. The Morgan fingerprint density at radius 3 is 2.70 bits per heavy atom. The molecule has 27 heavy (non-hydrogen) atoms. The third-order valence-electron chi connectivity index (χ3n) is 5.79. The van der Waals surface area contributed by atoms with Gasteiger partial charge in [0.15, 0.2) is 0 Å². The van der Waals surface area contributed by atoms with Crippen molar-refractivity contribution in [1.29, 1.82) is 0 Å². The summed E-state index contributed by atoms with van der Waals surface area (Å²) < 4.78 is 7.71. The van der Waals surface area contributed by atoms with E-state index in [0.29, 0.717) is 5.92 Å². The van der Waals surface area contributed by atoms with Gasteiger partial charge in [0.2, 0.25) is 0 Å². The highest BCUT2D eigenvalue weighted by atomic mass is 35.5. The Labute approximate surface area is 167 Å². The molecule has 1 aromatic heterocycles. The number of hydrogen-bond acceptors (Lipinski definition) is 5. The lowest BCUT2D eigenvalue weighted by Gasteiger charge is -2.32. The fraction of sp³-hybridized carbons (Fsp3) is 0.600. The number of halogens is 1. The third-order valence-corrected chi connectivity index (χ3v) is 5.79. The van der Waals surface area contributed by atoms with Gasteiger partial charge in [-0.2, -0.15) is 0 Å². The Morgan fingerprint density at radius 2 is 1.96 bits per heavy atom. The summed E-state index contributed by atoms with van der Waals surface area (Å²) in [5.41, 5.74) is 2.82. The van der Waals surface area contributed by atoms with Crippen LogP contribution >= 0.6 is 12.4 Å². The summed E-state index contributed by atoms with van der Waals surface area (Å²) in [4.78, 5) is 2.58. The molecule has 4 rings (SSSR count). The van der Waals surface area contributed by atoms with Gasteiger partial charge < -0.3 is 14.6 Å². The van der Waals surface area contributed by atoms with Crippen LogP contribution in [-0.2, 0) is 26.1 Å². The molecule has 0 aliphatic carbocycles. The fourth-order valence-corrected chi connectivity index (χ4v) is 4.22. The summed E-state index contributed by atoms with van der Waals surface area (Å²) in [6.07, 6.45) is 3.38. The quantitative estimate of drug-likeness (QED) is 0.849. The average molecular weight is 392 g/mol. The van der Waals surface area contributed by atoms with E-state index in [1.165, 1.54) is 29.8 Å². The summed E-state index contributed by atoms with van der Waals surface area (Å²) in [5, 5.41) is 12.3. The Bertz CT molecular complexity index is 755. The molecule has 0 unspecified atom stereocenters. The first-order valence-electron chi connectivity index (χ1n) is 9.79. The van der Waals surface area contributed by atoms with Gasteiger partial charge >= 0.3 is 0 Å². The molecule has 1 aromatic carbocycles. The van der Waals surface area contributed by atoms with Crippen molar-refractivity contribution in [3.63, 3.8) is 0 Å². The zero-order chi connectivity index (χ0) is 17.9. The predicted octanol–water partition coefficient (Wildman–Crippen LogP) is 2.75. The molecule has 0 bridgehead atoms. The lowest BCUT2D eigenvalue weighted by Crippen LogP contribution is -2.35. The first-order chi connectivity index (χ1) is 12.8. The summed E-state index contributed by atoms with van der Waals surface area (Å²) in [6.45, 7) is 8.37. The summed E-state index contributed by atoms with van der Waals surface area (Å²) in [6, 6.07) is 6.49. The number of methoxy groups -OCH3 is 1. The number of aryl methyl sites for hydroxylation is 1. The van der Waals surface area contributed by atoms with E-state index in [4.69, 9.17) is 4.74 Å². The molecule has 2 aromatic rings. The van der Waals surface area contributed by atoms with E-state index in [9.17, 15) is 0 Å². The van der Waals surface area contributed by atoms with E-state index >= 15 is 0 Å². The molecular weight excluding hydrogens is 362 g/mol. The van der Waals surface area contributed by atoms with Crippen molar-refractivity contribution in [2.45, 2.75) is 51.7 Å². The minimum absolute atomic E-state index is 0. The van der Waals surface area contributed by atoms with Gasteiger partial charge in [-0.15, -0.1) is 22.6 Å². The van der Waals surface area contributed by atoms with Crippen LogP contribution in [0.4, 0.5) is 0 Å². The largest absolute Gasteiger partial charge is 0.497 e. The molecule has 0 amide bonds. The van der Waals surface area contributed by atoms with E-state index in [-0.39, 0.29) is 12.4 Å². The molecule has 1 fully saturated rings. The molecule has 0 spiro atoms. The minimum atomic E-state index is 0. The molecule has 2 aliphatic rings. The monoisotopic (exact) mass is 391 g/mol. The summed E-state index contributed by atoms with van der Waals surface area (Å²) >= 11 is 0. The van der Waals surface area contributed by atoms with Gasteiger partial charge in [0, 0.05) is 25.6 Å². The minimum Gasteiger partial charge on any atom is -0.497 e. The number of benzene rings is 1. The second-order valence-electron chi connectivity index (χ2n) is 7.34. The van der Waals surface area contributed by atoms with Crippen LogP contribution in [0.5, 0.6) is 5.75 Å². The maximum absolute atomic E-state index is 5.37. The SMILES string of the molecule is CCc1cc(OC)ccc1CN1CCC(c2nnc3n2CCNC3)CC1.Cl. The highest BCUT2D eigenvalue weighted by molar-refractivity contribution is 5.85. The second kappa shape index (κ2) is 9.04. The molecule has 6 nitrogen and oxygen atoms in total. The maximum Gasteiger partial charge on any atom is 0.147 e. The van der Waals surface area contributed by atoms with E-state index < -0.39 is 0 Å². The van der Waals surface area contributed by atoms with E-state index in [1.54, 1.807) is 7.11 Å². The van der Waals surface area contributed by atoms with Crippen molar-refractivity contribution in [2.24, 2.45) is 0 Å². The molecule has 0 saturated carbocycles. The van der Waals surface area contributed by atoms with Gasteiger partial charge in [-0.25, -0.2) is 0 Å². The van der Waals surface area contributed by atoms with Crippen LogP contribution in [0.2, 0.25) is 0 Å². The second-order valence-corrected chi connectivity index (χ2v) is 7.34. The van der Waals surface area contributed by atoms with Crippen LogP contribution in [0, 0.1) is 0 Å². The normalized spacial score (nSPS) is 18.0. The van der Waals surface area contributed by atoms with Crippen molar-refractivity contribution < 1.29 is 4.74 Å². The van der Waals surface area contributed by atoms with E-state index in [0.717, 1.165) is 57.3 Å². The Morgan fingerprint density at radius 1 is 1.15 bits per heavy atom. The van der Waals surface area contributed by atoms with Crippen molar-refractivity contribution in [1.82, 2.24) is 25.0 Å². The molecule has 2 aliphatic heterocycles. The molecule has 7 heteroatoms. The van der Waals surface area contributed by atoms with Crippen molar-refractivity contribution in [3.8, 4) is 5.75 Å². The van der Waals surface area contributed by atoms with Crippen LogP contribution in [-0.4, -0.2) is 46.4 Å². The Kier molecular flexibility index (Phi) is 6.73. The maximum atomic E-state index is 5.37. The lowest BCUT2D eigenvalue weighted by molar-refractivity contribution is 0.199. The van der Waals surface area contributed by atoms with Crippen LogP contribution in [0.25, 0.3) is 0 Å². The topological polar surface area (TPSA) is 55.2 Å². The molecule has 148 valence electrons. The lowest BCUT2D eigenvalue weighted by atomic mass is 9.95. The fourth-order valence-electron chi connectivity index (χ4n) is 4.22. The summed E-state index contributed by atoms with van der Waals surface area (Å²) in [5.74, 6) is 3.81. The van der Waals surface area contributed by atoms with Gasteiger partial charge in [-0.05, 0) is 55.6 Å². The standard InChI is InChI=1S/C20H29N5O.ClH/c1-3-15-12-18(26-2)5-4-17(15)14-24-9-6-16(7-10-24)20-23-22-19-13-21-8-11-25(19)20;/h4-5,12,16,21H,3,6-11,13-14H2,1-2H3;1H. The third kappa shape index (κ3) is 4.28. The van der Waals surface area contributed by atoms with E-state index in [2.05, 4.69) is 50.1 Å². The molecule has 1 N–H and O–H groups in total. The smallest absolute Gasteiger partial charge is 0.147 e. The average Bonchev–Trinajstić information content (AvgIpc) is 3.13. The van der Waals surface area contributed by atoms with Gasteiger partial charge in [0.1, 0.15) is 17.4 Å². The van der Waals surface area contributed by atoms with Gasteiger partial charge in [-0.3, -0.25) is 4.90 Å². The Hall–Kier alpha value is -1.63. The number of rotatable bonds is 5. The Balaban J connectivity index is 0.00000210. The van der Waals surface area contributed by atoms with Gasteiger partial charge in [-0.1, -0.05) is 13.0 Å².